The third-order valence-corrected chi connectivity index (χ3v) is 2.51. The number of hydrogen-bond acceptors (Lipinski definition) is 4. The minimum atomic E-state index is 0.0384. The molecular weight excluding hydrogens is 218 g/mol. The van der Waals surface area contributed by atoms with E-state index in [0.29, 0.717) is 25.2 Å². The van der Waals surface area contributed by atoms with Crippen molar-refractivity contribution in [1.29, 1.82) is 0 Å². The SMILES string of the molecule is CCNC(=O)CCNc1c(N)c(CC)nn1C. The lowest BCUT2D eigenvalue weighted by molar-refractivity contribution is -0.120. The van der Waals surface area contributed by atoms with Gasteiger partial charge in [-0.3, -0.25) is 9.48 Å². The molecule has 0 aliphatic rings. The quantitative estimate of drug-likeness (QED) is 0.675. The molecule has 0 spiro atoms. The maximum absolute atomic E-state index is 11.3. The highest BCUT2D eigenvalue weighted by Gasteiger charge is 2.11. The summed E-state index contributed by atoms with van der Waals surface area (Å²) in [6, 6.07) is 0. The Bertz CT molecular complexity index is 385. The maximum Gasteiger partial charge on any atom is 0.221 e. The molecule has 0 bridgehead atoms. The summed E-state index contributed by atoms with van der Waals surface area (Å²) in [5.74, 6) is 0.822. The zero-order valence-electron chi connectivity index (χ0n) is 10.7. The highest BCUT2D eigenvalue weighted by Crippen LogP contribution is 2.21. The monoisotopic (exact) mass is 239 g/mol. The van der Waals surface area contributed by atoms with Crippen LogP contribution in [0.25, 0.3) is 0 Å². The first kappa shape index (κ1) is 13.3. The highest BCUT2D eigenvalue weighted by atomic mass is 16.1. The molecule has 0 aliphatic carbocycles. The van der Waals surface area contributed by atoms with Crippen molar-refractivity contribution in [2.45, 2.75) is 26.7 Å². The van der Waals surface area contributed by atoms with Gasteiger partial charge in [0.05, 0.1) is 11.4 Å². The number of aryl methyl sites for hydroxylation is 2. The van der Waals surface area contributed by atoms with Crippen molar-refractivity contribution in [3.05, 3.63) is 5.69 Å². The van der Waals surface area contributed by atoms with Crippen molar-refractivity contribution in [2.75, 3.05) is 24.1 Å². The van der Waals surface area contributed by atoms with Crippen molar-refractivity contribution in [3.8, 4) is 0 Å². The fraction of sp³-hybridized carbons (Fsp3) is 0.636. The topological polar surface area (TPSA) is 85.0 Å². The van der Waals surface area contributed by atoms with Crippen LogP contribution in [0.4, 0.5) is 11.5 Å². The van der Waals surface area contributed by atoms with Crippen LogP contribution in [0.2, 0.25) is 0 Å². The second-order valence-corrected chi connectivity index (χ2v) is 3.82. The van der Waals surface area contributed by atoms with Gasteiger partial charge in [0.1, 0.15) is 5.82 Å². The van der Waals surface area contributed by atoms with Gasteiger partial charge in [0, 0.05) is 26.6 Å². The minimum Gasteiger partial charge on any atom is -0.394 e. The summed E-state index contributed by atoms with van der Waals surface area (Å²) in [5.41, 5.74) is 7.50. The molecule has 0 aliphatic heterocycles. The van der Waals surface area contributed by atoms with E-state index in [-0.39, 0.29) is 5.91 Å². The van der Waals surface area contributed by atoms with Gasteiger partial charge in [-0.2, -0.15) is 5.10 Å². The van der Waals surface area contributed by atoms with E-state index in [4.69, 9.17) is 5.73 Å². The molecule has 0 fully saturated rings. The Morgan fingerprint density at radius 1 is 1.47 bits per heavy atom. The maximum atomic E-state index is 11.3. The number of carbonyl (C=O) groups is 1. The predicted octanol–water partition coefficient (Wildman–Crippen LogP) is 0.503. The van der Waals surface area contributed by atoms with Crippen LogP contribution in [0.15, 0.2) is 0 Å². The fourth-order valence-electron chi connectivity index (χ4n) is 1.65. The molecule has 6 nitrogen and oxygen atoms in total. The molecule has 1 aromatic rings. The molecular formula is C11H21N5O. The van der Waals surface area contributed by atoms with Crippen LogP contribution in [0.5, 0.6) is 0 Å². The average molecular weight is 239 g/mol. The number of nitrogens with zero attached hydrogens (tertiary/aromatic N) is 2. The van der Waals surface area contributed by atoms with Crippen LogP contribution < -0.4 is 16.4 Å². The smallest absolute Gasteiger partial charge is 0.221 e. The molecule has 0 saturated heterocycles. The standard InChI is InChI=1S/C11H21N5O/c1-4-8-10(12)11(16(3)15-8)14-7-6-9(17)13-5-2/h14H,4-7,12H2,1-3H3,(H,13,17). The van der Waals surface area contributed by atoms with E-state index in [2.05, 4.69) is 15.7 Å². The van der Waals surface area contributed by atoms with Crippen LogP contribution >= 0.6 is 0 Å². The van der Waals surface area contributed by atoms with E-state index in [1.165, 1.54) is 0 Å². The number of aromatic nitrogens is 2. The van der Waals surface area contributed by atoms with Gasteiger partial charge in [0.25, 0.3) is 0 Å². The van der Waals surface area contributed by atoms with Gasteiger partial charge in [-0.05, 0) is 13.3 Å². The normalized spacial score (nSPS) is 10.3. The van der Waals surface area contributed by atoms with Gasteiger partial charge in [0.15, 0.2) is 0 Å². The van der Waals surface area contributed by atoms with Crippen LogP contribution in [-0.4, -0.2) is 28.8 Å². The molecule has 6 heteroatoms. The zero-order chi connectivity index (χ0) is 12.8. The molecule has 0 radical (unpaired) electrons. The van der Waals surface area contributed by atoms with Crippen molar-refractivity contribution < 1.29 is 4.79 Å². The second kappa shape index (κ2) is 6.12. The summed E-state index contributed by atoms with van der Waals surface area (Å²) in [4.78, 5) is 11.3. The summed E-state index contributed by atoms with van der Waals surface area (Å²) in [6.07, 6.45) is 1.23. The average Bonchev–Trinajstić information content (AvgIpc) is 2.56. The van der Waals surface area contributed by atoms with Crippen molar-refractivity contribution in [1.82, 2.24) is 15.1 Å². The molecule has 0 unspecified atom stereocenters. The summed E-state index contributed by atoms with van der Waals surface area (Å²) >= 11 is 0. The van der Waals surface area contributed by atoms with Crippen LogP contribution in [0.1, 0.15) is 26.0 Å². The van der Waals surface area contributed by atoms with E-state index in [0.717, 1.165) is 17.9 Å². The summed E-state index contributed by atoms with van der Waals surface area (Å²) < 4.78 is 1.71. The Balaban J connectivity index is 2.52. The summed E-state index contributed by atoms with van der Waals surface area (Å²) in [6.45, 7) is 5.13. The van der Waals surface area contributed by atoms with E-state index in [1.54, 1.807) is 4.68 Å². The predicted molar refractivity (Wildman–Crippen MR) is 68.8 cm³/mol. The first-order chi connectivity index (χ1) is 8.10. The number of carbonyl (C=O) groups excluding carboxylic acids is 1. The van der Waals surface area contributed by atoms with E-state index in [9.17, 15) is 4.79 Å². The summed E-state index contributed by atoms with van der Waals surface area (Å²) in [7, 11) is 1.84. The molecule has 1 aromatic heterocycles. The molecule has 4 N–H and O–H groups in total. The number of nitrogen functional groups attached to an aromatic ring is 1. The molecule has 0 atom stereocenters. The largest absolute Gasteiger partial charge is 0.394 e. The zero-order valence-corrected chi connectivity index (χ0v) is 10.7. The minimum absolute atomic E-state index is 0.0384. The van der Waals surface area contributed by atoms with Crippen molar-refractivity contribution >= 4 is 17.4 Å². The third kappa shape index (κ3) is 3.37. The van der Waals surface area contributed by atoms with Crippen LogP contribution in [-0.2, 0) is 18.3 Å². The number of rotatable bonds is 6. The molecule has 0 saturated carbocycles. The van der Waals surface area contributed by atoms with Gasteiger partial charge in [-0.25, -0.2) is 0 Å². The Labute approximate surface area is 102 Å². The van der Waals surface area contributed by atoms with Crippen LogP contribution in [0, 0.1) is 0 Å². The number of nitrogens with two attached hydrogens (primary N) is 1. The van der Waals surface area contributed by atoms with E-state index in [1.807, 2.05) is 20.9 Å². The third-order valence-electron chi connectivity index (χ3n) is 2.51. The molecule has 1 heterocycles. The Morgan fingerprint density at radius 3 is 2.71 bits per heavy atom. The molecule has 1 rings (SSSR count). The molecule has 1 amide bonds. The molecule has 17 heavy (non-hydrogen) atoms. The number of anilines is 2. The van der Waals surface area contributed by atoms with Crippen molar-refractivity contribution in [3.63, 3.8) is 0 Å². The van der Waals surface area contributed by atoms with Gasteiger partial charge in [0.2, 0.25) is 5.91 Å². The Hall–Kier alpha value is -1.72. The van der Waals surface area contributed by atoms with Crippen LogP contribution in [0.3, 0.4) is 0 Å². The Kier molecular flexibility index (Phi) is 4.81. The number of nitrogens with one attached hydrogen (secondary N) is 2. The fourth-order valence-corrected chi connectivity index (χ4v) is 1.65. The van der Waals surface area contributed by atoms with Gasteiger partial charge in [-0.1, -0.05) is 6.92 Å². The first-order valence-corrected chi connectivity index (χ1v) is 5.92. The van der Waals surface area contributed by atoms with Crippen molar-refractivity contribution in [2.24, 2.45) is 7.05 Å². The lowest BCUT2D eigenvalue weighted by Gasteiger charge is -2.07. The van der Waals surface area contributed by atoms with Gasteiger partial charge in [-0.15, -0.1) is 0 Å². The highest BCUT2D eigenvalue weighted by molar-refractivity contribution is 5.76. The lowest BCUT2D eigenvalue weighted by atomic mass is 10.3. The first-order valence-electron chi connectivity index (χ1n) is 5.92. The van der Waals surface area contributed by atoms with Gasteiger partial charge < -0.3 is 16.4 Å². The van der Waals surface area contributed by atoms with E-state index >= 15 is 0 Å². The Morgan fingerprint density at radius 2 is 2.18 bits per heavy atom. The van der Waals surface area contributed by atoms with E-state index < -0.39 is 0 Å². The summed E-state index contributed by atoms with van der Waals surface area (Å²) in [5, 5.41) is 10.2. The number of hydrogen-bond donors (Lipinski definition) is 3. The molecule has 96 valence electrons. The molecule has 0 aromatic carbocycles. The lowest BCUT2D eigenvalue weighted by Crippen LogP contribution is -2.25. The number of amides is 1. The van der Waals surface area contributed by atoms with Gasteiger partial charge >= 0.3 is 0 Å². The second-order valence-electron chi connectivity index (χ2n) is 3.82.